The zero-order valence-electron chi connectivity index (χ0n) is 12.7. The van der Waals surface area contributed by atoms with E-state index in [2.05, 4.69) is 4.72 Å². The van der Waals surface area contributed by atoms with E-state index in [1.807, 2.05) is 38.1 Å². The summed E-state index contributed by atoms with van der Waals surface area (Å²) >= 11 is 6.04. The molecule has 0 saturated carbocycles. The Bertz CT molecular complexity index is 727. The number of sulfonamides is 1. The van der Waals surface area contributed by atoms with Crippen LogP contribution in [0.4, 0.5) is 0 Å². The molecule has 1 N–H and O–H groups in total. The zero-order chi connectivity index (χ0) is 16.2. The highest BCUT2D eigenvalue weighted by atomic mass is 35.5. The Morgan fingerprint density at radius 1 is 1.09 bits per heavy atom. The fraction of sp³-hybridized carbons (Fsp3) is 0.294. The lowest BCUT2D eigenvalue weighted by atomic mass is 10.0. The van der Waals surface area contributed by atoms with Crippen molar-refractivity contribution in [3.63, 3.8) is 0 Å². The summed E-state index contributed by atoms with van der Waals surface area (Å²) in [6, 6.07) is 14.7. The third-order valence-corrected chi connectivity index (χ3v) is 5.22. The van der Waals surface area contributed by atoms with Crippen LogP contribution in [0.2, 0.25) is 5.02 Å². The van der Waals surface area contributed by atoms with E-state index < -0.39 is 10.0 Å². The van der Waals surface area contributed by atoms with Crippen LogP contribution in [-0.2, 0) is 15.8 Å². The molecule has 0 amide bonds. The fourth-order valence-corrected chi connectivity index (χ4v) is 4.03. The molecule has 2 aromatic carbocycles. The number of aryl methyl sites for hydroxylation is 1. The van der Waals surface area contributed by atoms with E-state index in [0.717, 1.165) is 11.1 Å². The lowest BCUT2D eigenvalue weighted by molar-refractivity contribution is 0.549. The summed E-state index contributed by atoms with van der Waals surface area (Å²) in [6.07, 6.45) is 0.685. The van der Waals surface area contributed by atoms with Gasteiger partial charge in [-0.2, -0.15) is 0 Å². The van der Waals surface area contributed by atoms with Gasteiger partial charge >= 0.3 is 0 Å². The van der Waals surface area contributed by atoms with Gasteiger partial charge < -0.3 is 0 Å². The monoisotopic (exact) mass is 337 g/mol. The summed E-state index contributed by atoms with van der Waals surface area (Å²) in [5.74, 6) is -0.116. The van der Waals surface area contributed by atoms with Crippen LogP contribution in [0.15, 0.2) is 48.5 Å². The number of hydrogen-bond acceptors (Lipinski definition) is 2. The Balaban J connectivity index is 2.16. The summed E-state index contributed by atoms with van der Waals surface area (Å²) in [6.45, 7) is 3.97. The van der Waals surface area contributed by atoms with Crippen molar-refractivity contribution in [2.75, 3.05) is 0 Å². The largest absolute Gasteiger partial charge is 0.216 e. The Hall–Kier alpha value is -1.36. The average Bonchev–Trinajstić information content (AvgIpc) is 2.48. The van der Waals surface area contributed by atoms with Crippen LogP contribution < -0.4 is 4.72 Å². The lowest BCUT2D eigenvalue weighted by Gasteiger charge is -2.18. The predicted molar refractivity (Wildman–Crippen MR) is 91.4 cm³/mol. The van der Waals surface area contributed by atoms with Gasteiger partial charge in [0.05, 0.1) is 5.75 Å². The second-order valence-corrected chi connectivity index (χ2v) is 7.50. The van der Waals surface area contributed by atoms with Crippen molar-refractivity contribution in [1.29, 1.82) is 0 Å². The van der Waals surface area contributed by atoms with E-state index in [9.17, 15) is 8.42 Å². The maximum absolute atomic E-state index is 12.4. The maximum Gasteiger partial charge on any atom is 0.216 e. The molecule has 0 fully saturated rings. The molecule has 0 aliphatic heterocycles. The van der Waals surface area contributed by atoms with Crippen LogP contribution in [0.5, 0.6) is 0 Å². The molecule has 118 valence electrons. The van der Waals surface area contributed by atoms with Crippen molar-refractivity contribution >= 4 is 21.6 Å². The Kier molecular flexibility index (Phi) is 5.62. The van der Waals surface area contributed by atoms with Crippen molar-refractivity contribution in [3.05, 3.63) is 70.2 Å². The number of nitrogens with one attached hydrogen (secondary N) is 1. The highest BCUT2D eigenvalue weighted by Gasteiger charge is 2.19. The standard InChI is InChI=1S/C17H20ClNO2S/c1-3-17(14-10-8-13(2)9-11-14)19-22(20,21)12-15-6-4-5-7-16(15)18/h4-11,17,19H,3,12H2,1-2H3. The van der Waals surface area contributed by atoms with Crippen molar-refractivity contribution in [3.8, 4) is 0 Å². The first-order valence-corrected chi connectivity index (χ1v) is 9.24. The van der Waals surface area contributed by atoms with Gasteiger partial charge in [-0.05, 0) is 30.5 Å². The minimum Gasteiger partial charge on any atom is -0.212 e. The van der Waals surface area contributed by atoms with Crippen molar-refractivity contribution in [2.24, 2.45) is 0 Å². The van der Waals surface area contributed by atoms with Gasteiger partial charge in [0, 0.05) is 11.1 Å². The molecular weight excluding hydrogens is 318 g/mol. The van der Waals surface area contributed by atoms with Crippen LogP contribution in [0.1, 0.15) is 36.1 Å². The van der Waals surface area contributed by atoms with E-state index in [1.165, 1.54) is 0 Å². The summed E-state index contributed by atoms with van der Waals surface area (Å²) < 4.78 is 27.6. The van der Waals surface area contributed by atoms with Gasteiger partial charge in [-0.25, -0.2) is 13.1 Å². The summed E-state index contributed by atoms with van der Waals surface area (Å²) in [4.78, 5) is 0. The molecule has 0 aromatic heterocycles. The van der Waals surface area contributed by atoms with Gasteiger partial charge in [-0.15, -0.1) is 0 Å². The maximum atomic E-state index is 12.4. The quantitative estimate of drug-likeness (QED) is 0.857. The first-order chi connectivity index (χ1) is 10.4. The number of halogens is 1. The molecule has 2 aromatic rings. The molecule has 0 bridgehead atoms. The van der Waals surface area contributed by atoms with Gasteiger partial charge in [0.15, 0.2) is 0 Å². The summed E-state index contributed by atoms with van der Waals surface area (Å²) in [5, 5.41) is 0.469. The predicted octanol–water partition coefficient (Wildman–Crippen LogP) is 4.22. The molecule has 3 nitrogen and oxygen atoms in total. The van der Waals surface area contributed by atoms with Crippen LogP contribution in [0.25, 0.3) is 0 Å². The number of benzene rings is 2. The van der Waals surface area contributed by atoms with Gasteiger partial charge in [0.25, 0.3) is 0 Å². The van der Waals surface area contributed by atoms with Crippen LogP contribution in [0.3, 0.4) is 0 Å². The third-order valence-electron chi connectivity index (χ3n) is 3.51. The van der Waals surface area contributed by atoms with Crippen molar-refractivity contribution < 1.29 is 8.42 Å². The Labute approximate surface area is 137 Å². The van der Waals surface area contributed by atoms with E-state index in [-0.39, 0.29) is 11.8 Å². The normalized spacial score (nSPS) is 13.0. The molecule has 0 radical (unpaired) electrons. The second kappa shape index (κ2) is 7.27. The molecule has 0 aliphatic carbocycles. The van der Waals surface area contributed by atoms with Crippen LogP contribution >= 0.6 is 11.6 Å². The van der Waals surface area contributed by atoms with E-state index in [4.69, 9.17) is 11.6 Å². The van der Waals surface area contributed by atoms with E-state index in [1.54, 1.807) is 24.3 Å². The molecule has 0 aliphatic rings. The molecule has 1 unspecified atom stereocenters. The molecule has 22 heavy (non-hydrogen) atoms. The highest BCUT2D eigenvalue weighted by molar-refractivity contribution is 7.88. The zero-order valence-corrected chi connectivity index (χ0v) is 14.3. The average molecular weight is 338 g/mol. The molecular formula is C17H20ClNO2S. The first kappa shape index (κ1) is 17.0. The number of rotatable bonds is 6. The van der Waals surface area contributed by atoms with Crippen molar-refractivity contribution in [2.45, 2.75) is 32.1 Å². The highest BCUT2D eigenvalue weighted by Crippen LogP contribution is 2.21. The summed E-state index contributed by atoms with van der Waals surface area (Å²) in [5.41, 5.74) is 2.73. The van der Waals surface area contributed by atoms with Gasteiger partial charge in [0.2, 0.25) is 10.0 Å². The molecule has 0 saturated heterocycles. The minimum absolute atomic E-state index is 0.116. The minimum atomic E-state index is -3.46. The number of hydrogen-bond donors (Lipinski definition) is 1. The molecule has 5 heteroatoms. The Morgan fingerprint density at radius 2 is 1.73 bits per heavy atom. The van der Waals surface area contributed by atoms with Crippen LogP contribution in [0, 0.1) is 6.92 Å². The lowest BCUT2D eigenvalue weighted by Crippen LogP contribution is -2.29. The topological polar surface area (TPSA) is 46.2 Å². The molecule has 0 heterocycles. The van der Waals surface area contributed by atoms with Gasteiger partial charge in [-0.1, -0.05) is 66.6 Å². The van der Waals surface area contributed by atoms with E-state index >= 15 is 0 Å². The Morgan fingerprint density at radius 3 is 2.32 bits per heavy atom. The summed E-state index contributed by atoms with van der Waals surface area (Å²) in [7, 11) is -3.46. The van der Waals surface area contributed by atoms with Gasteiger partial charge in [0.1, 0.15) is 0 Å². The van der Waals surface area contributed by atoms with Gasteiger partial charge in [-0.3, -0.25) is 0 Å². The second-order valence-electron chi connectivity index (χ2n) is 5.34. The smallest absolute Gasteiger partial charge is 0.212 e. The third kappa shape index (κ3) is 4.57. The van der Waals surface area contributed by atoms with Crippen molar-refractivity contribution in [1.82, 2.24) is 4.72 Å². The molecule has 1 atom stereocenters. The van der Waals surface area contributed by atoms with Crippen LogP contribution in [-0.4, -0.2) is 8.42 Å². The first-order valence-electron chi connectivity index (χ1n) is 7.21. The molecule has 2 rings (SSSR count). The SMILES string of the molecule is CCC(NS(=O)(=O)Cc1ccccc1Cl)c1ccc(C)cc1. The van der Waals surface area contributed by atoms with E-state index in [0.29, 0.717) is 17.0 Å². The fourth-order valence-electron chi connectivity index (χ4n) is 2.26. The molecule has 0 spiro atoms.